The molecule has 3 amide bonds. The highest BCUT2D eigenvalue weighted by molar-refractivity contribution is 8.26. The van der Waals surface area contributed by atoms with Gasteiger partial charge in [0.25, 0.3) is 11.8 Å². The first-order valence-electron chi connectivity index (χ1n) is 9.15. The lowest BCUT2D eigenvalue weighted by molar-refractivity contribution is -0.124. The molecule has 0 radical (unpaired) electrons. The smallest absolute Gasteiger partial charge is 0.269 e. The maximum absolute atomic E-state index is 12.7. The summed E-state index contributed by atoms with van der Waals surface area (Å²) in [6.07, 6.45) is 1.65. The number of phenols is 1. The minimum Gasteiger partial charge on any atom is -0.508 e. The Morgan fingerprint density at radius 3 is 2.58 bits per heavy atom. The molecule has 0 atom stereocenters. The monoisotopic (exact) mass is 457 g/mol. The molecule has 31 heavy (non-hydrogen) atoms. The van der Waals surface area contributed by atoms with E-state index in [9.17, 15) is 19.5 Å². The van der Waals surface area contributed by atoms with E-state index in [1.807, 2.05) is 18.2 Å². The van der Waals surface area contributed by atoms with Crippen LogP contribution in [0.4, 0.5) is 0 Å². The number of methoxy groups -OCH3 is 1. The molecule has 3 N–H and O–H groups in total. The summed E-state index contributed by atoms with van der Waals surface area (Å²) in [6.45, 7) is 0.0782. The van der Waals surface area contributed by atoms with Crippen molar-refractivity contribution < 1.29 is 24.2 Å². The summed E-state index contributed by atoms with van der Waals surface area (Å²) >= 11 is 6.43. The molecule has 2 aromatic carbocycles. The molecule has 8 nitrogen and oxygen atoms in total. The van der Waals surface area contributed by atoms with E-state index in [1.54, 1.807) is 19.3 Å². The van der Waals surface area contributed by atoms with Crippen LogP contribution >= 0.6 is 24.0 Å². The van der Waals surface area contributed by atoms with Crippen LogP contribution in [-0.4, -0.2) is 45.7 Å². The molecule has 0 spiro atoms. The molecule has 1 heterocycles. The summed E-state index contributed by atoms with van der Waals surface area (Å²) in [5, 5.41) is 9.24. The number of nitrogens with one attached hydrogen (secondary N) is 2. The summed E-state index contributed by atoms with van der Waals surface area (Å²) < 4.78 is 5.65. The number of hydrogen-bond acceptors (Lipinski definition) is 7. The molecule has 0 unspecified atom stereocenters. The number of carbonyl (C=O) groups is 3. The van der Waals surface area contributed by atoms with Gasteiger partial charge in [-0.05, 0) is 36.4 Å². The number of hydrazine groups is 1. The molecule has 2 aromatic rings. The Balaban J connectivity index is 1.54. The lowest BCUT2D eigenvalue weighted by Crippen LogP contribution is -2.43. The minimum absolute atomic E-state index is 0.0313. The van der Waals surface area contributed by atoms with Crippen LogP contribution in [0.1, 0.15) is 22.3 Å². The summed E-state index contributed by atoms with van der Waals surface area (Å²) in [5.41, 5.74) is 5.60. The molecule has 0 bridgehead atoms. The summed E-state index contributed by atoms with van der Waals surface area (Å²) in [7, 11) is 1.55. The second-order valence-electron chi connectivity index (χ2n) is 6.37. The van der Waals surface area contributed by atoms with Crippen LogP contribution in [0.25, 0.3) is 6.08 Å². The van der Waals surface area contributed by atoms with Crippen LogP contribution in [0.3, 0.4) is 0 Å². The standard InChI is InChI=1S/C21H19N3O5S2/c1-29-16-5-3-2-4-14(16)12-17-20(28)24(21(30)31-17)11-10-18(26)22-23-19(27)13-6-8-15(25)9-7-13/h2-9,12,25H,10-11H2,1H3,(H,22,26)(H,23,27). The molecule has 0 aromatic heterocycles. The summed E-state index contributed by atoms with van der Waals surface area (Å²) in [6, 6.07) is 12.9. The second-order valence-corrected chi connectivity index (χ2v) is 8.05. The van der Waals surface area contributed by atoms with Gasteiger partial charge in [0.1, 0.15) is 15.8 Å². The number of ether oxygens (including phenoxy) is 1. The maximum Gasteiger partial charge on any atom is 0.269 e. The second kappa shape index (κ2) is 10.1. The first kappa shape index (κ1) is 22.3. The van der Waals surface area contributed by atoms with E-state index in [1.165, 1.54) is 29.2 Å². The Labute approximate surface area is 188 Å². The van der Waals surface area contributed by atoms with Crippen molar-refractivity contribution in [2.75, 3.05) is 13.7 Å². The number of para-hydroxylation sites is 1. The van der Waals surface area contributed by atoms with Crippen LogP contribution in [0.2, 0.25) is 0 Å². The Morgan fingerprint density at radius 1 is 1.16 bits per heavy atom. The number of thioether (sulfide) groups is 1. The predicted octanol–water partition coefficient (Wildman–Crippen LogP) is 2.45. The molecule has 1 aliphatic heterocycles. The van der Waals surface area contributed by atoms with Crippen molar-refractivity contribution in [3.8, 4) is 11.5 Å². The highest BCUT2D eigenvalue weighted by atomic mass is 32.2. The molecular formula is C21H19N3O5S2. The molecular weight excluding hydrogens is 438 g/mol. The van der Waals surface area contributed by atoms with Gasteiger partial charge in [0.15, 0.2) is 0 Å². The largest absolute Gasteiger partial charge is 0.508 e. The van der Waals surface area contributed by atoms with Crippen molar-refractivity contribution in [2.24, 2.45) is 0 Å². The zero-order chi connectivity index (χ0) is 22.4. The number of thiocarbonyl (C=S) groups is 1. The maximum atomic E-state index is 12.7. The van der Waals surface area contributed by atoms with Gasteiger partial charge in [-0.2, -0.15) is 0 Å². The minimum atomic E-state index is -0.529. The van der Waals surface area contributed by atoms with Gasteiger partial charge in [-0.15, -0.1) is 0 Å². The number of amides is 3. The van der Waals surface area contributed by atoms with E-state index in [4.69, 9.17) is 17.0 Å². The molecule has 1 aliphatic rings. The van der Waals surface area contributed by atoms with E-state index in [2.05, 4.69) is 10.9 Å². The summed E-state index contributed by atoms with van der Waals surface area (Å²) in [5.74, 6) is -0.629. The van der Waals surface area contributed by atoms with Crippen LogP contribution in [0.5, 0.6) is 11.5 Å². The topological polar surface area (TPSA) is 108 Å². The van der Waals surface area contributed by atoms with E-state index in [0.29, 0.717) is 15.0 Å². The first-order chi connectivity index (χ1) is 14.9. The van der Waals surface area contributed by atoms with Gasteiger partial charge in [0.2, 0.25) is 5.91 Å². The lowest BCUT2D eigenvalue weighted by Gasteiger charge is -2.14. The van der Waals surface area contributed by atoms with Crippen molar-refractivity contribution >= 4 is 52.1 Å². The molecule has 3 rings (SSSR count). The van der Waals surface area contributed by atoms with Gasteiger partial charge in [0, 0.05) is 24.1 Å². The molecule has 0 saturated carbocycles. The van der Waals surface area contributed by atoms with Gasteiger partial charge in [-0.25, -0.2) is 0 Å². The van der Waals surface area contributed by atoms with Gasteiger partial charge < -0.3 is 9.84 Å². The van der Waals surface area contributed by atoms with Crippen LogP contribution in [0, 0.1) is 0 Å². The Kier molecular flexibility index (Phi) is 7.27. The Bertz CT molecular complexity index is 1050. The number of rotatable bonds is 6. The van der Waals surface area contributed by atoms with Crippen LogP contribution < -0.4 is 15.6 Å². The van der Waals surface area contributed by atoms with Gasteiger partial charge in [-0.1, -0.05) is 42.2 Å². The van der Waals surface area contributed by atoms with E-state index >= 15 is 0 Å². The molecule has 10 heteroatoms. The first-order valence-corrected chi connectivity index (χ1v) is 10.4. The third-order valence-corrected chi connectivity index (χ3v) is 5.68. The van der Waals surface area contributed by atoms with Crippen molar-refractivity contribution in [1.82, 2.24) is 15.8 Å². The third-order valence-electron chi connectivity index (χ3n) is 4.31. The SMILES string of the molecule is COc1ccccc1C=C1SC(=S)N(CCC(=O)NNC(=O)c2ccc(O)cc2)C1=O. The van der Waals surface area contributed by atoms with E-state index in [0.717, 1.165) is 17.3 Å². The van der Waals surface area contributed by atoms with Crippen LogP contribution in [0.15, 0.2) is 53.4 Å². The van der Waals surface area contributed by atoms with Gasteiger partial charge in [0.05, 0.1) is 12.0 Å². The van der Waals surface area contributed by atoms with E-state index in [-0.39, 0.29) is 30.2 Å². The summed E-state index contributed by atoms with van der Waals surface area (Å²) in [4.78, 5) is 38.5. The zero-order valence-electron chi connectivity index (χ0n) is 16.5. The lowest BCUT2D eigenvalue weighted by atomic mass is 10.2. The van der Waals surface area contributed by atoms with Crippen LogP contribution in [-0.2, 0) is 9.59 Å². The molecule has 1 fully saturated rings. The average Bonchev–Trinajstić information content (AvgIpc) is 3.03. The number of carbonyl (C=O) groups excluding carboxylic acids is 3. The molecule has 0 aliphatic carbocycles. The fourth-order valence-electron chi connectivity index (χ4n) is 2.71. The highest BCUT2D eigenvalue weighted by Gasteiger charge is 2.32. The van der Waals surface area contributed by atoms with Gasteiger partial charge >= 0.3 is 0 Å². The predicted molar refractivity (Wildman–Crippen MR) is 121 cm³/mol. The van der Waals surface area contributed by atoms with Crippen molar-refractivity contribution in [3.05, 3.63) is 64.6 Å². The number of nitrogens with zero attached hydrogens (tertiary/aromatic N) is 1. The molecule has 160 valence electrons. The number of aromatic hydroxyl groups is 1. The Morgan fingerprint density at radius 2 is 1.87 bits per heavy atom. The molecule has 1 saturated heterocycles. The fraction of sp³-hybridized carbons (Fsp3) is 0.143. The quantitative estimate of drug-likeness (QED) is 0.347. The van der Waals surface area contributed by atoms with Crippen molar-refractivity contribution in [1.29, 1.82) is 0 Å². The normalized spacial score (nSPS) is 14.6. The van der Waals surface area contributed by atoms with Gasteiger partial charge in [-0.3, -0.25) is 30.1 Å². The number of phenolic OH excluding ortho intramolecular Hbond substituents is 1. The average molecular weight is 458 g/mol. The number of hydrogen-bond donors (Lipinski definition) is 3. The van der Waals surface area contributed by atoms with Crippen molar-refractivity contribution in [3.63, 3.8) is 0 Å². The van der Waals surface area contributed by atoms with Crippen molar-refractivity contribution in [2.45, 2.75) is 6.42 Å². The zero-order valence-corrected chi connectivity index (χ0v) is 18.1. The van der Waals surface area contributed by atoms with E-state index < -0.39 is 11.8 Å². The Hall–Kier alpha value is -3.37. The highest BCUT2D eigenvalue weighted by Crippen LogP contribution is 2.34. The third kappa shape index (κ3) is 5.62. The fourth-order valence-corrected chi connectivity index (χ4v) is 4.01. The number of benzene rings is 2.